The van der Waals surface area contributed by atoms with Gasteiger partial charge < -0.3 is 10.2 Å². The Bertz CT molecular complexity index is 421. The van der Waals surface area contributed by atoms with Gasteiger partial charge in [-0.1, -0.05) is 26.2 Å². The highest BCUT2D eigenvalue weighted by Crippen LogP contribution is 2.38. The lowest BCUT2D eigenvalue weighted by Gasteiger charge is -2.48. The van der Waals surface area contributed by atoms with Crippen molar-refractivity contribution in [2.45, 2.75) is 89.3 Å². The van der Waals surface area contributed by atoms with Gasteiger partial charge in [-0.05, 0) is 51.4 Å². The first-order valence-electron chi connectivity index (χ1n) is 8.72. The summed E-state index contributed by atoms with van der Waals surface area (Å²) in [6.07, 6.45) is 9.53. The summed E-state index contributed by atoms with van der Waals surface area (Å²) in [7, 11) is 0. The molecule has 2 amide bonds. The van der Waals surface area contributed by atoms with Crippen molar-refractivity contribution in [1.29, 1.82) is 0 Å². The molecule has 21 heavy (non-hydrogen) atoms. The van der Waals surface area contributed by atoms with Crippen molar-refractivity contribution >= 4 is 11.8 Å². The molecule has 3 aliphatic rings. The number of hydrogen-bond acceptors (Lipinski definition) is 2. The minimum absolute atomic E-state index is 0.0501. The topological polar surface area (TPSA) is 49.4 Å². The number of piperazine rings is 1. The lowest BCUT2D eigenvalue weighted by atomic mass is 9.81. The van der Waals surface area contributed by atoms with Gasteiger partial charge in [0.1, 0.15) is 11.6 Å². The van der Waals surface area contributed by atoms with E-state index < -0.39 is 5.54 Å². The SMILES string of the molecule is CCC1CCC(N2C(=O)C3(CCCC3)NC(=O)C2C)CC1. The maximum absolute atomic E-state index is 13.1. The predicted octanol–water partition coefficient (Wildman–Crippen LogP) is 2.61. The van der Waals surface area contributed by atoms with E-state index in [4.69, 9.17) is 0 Å². The molecule has 3 fully saturated rings. The summed E-state index contributed by atoms with van der Waals surface area (Å²) in [6.45, 7) is 4.14. The number of nitrogens with zero attached hydrogens (tertiary/aromatic N) is 1. The van der Waals surface area contributed by atoms with Crippen LogP contribution in [0.25, 0.3) is 0 Å². The number of rotatable bonds is 2. The van der Waals surface area contributed by atoms with E-state index in [1.54, 1.807) is 0 Å². The number of carbonyl (C=O) groups is 2. The van der Waals surface area contributed by atoms with Crippen molar-refractivity contribution < 1.29 is 9.59 Å². The van der Waals surface area contributed by atoms with Gasteiger partial charge in [0.05, 0.1) is 0 Å². The second-order valence-electron chi connectivity index (χ2n) is 7.25. The Labute approximate surface area is 127 Å². The molecule has 1 aliphatic heterocycles. The molecule has 1 heterocycles. The zero-order valence-corrected chi connectivity index (χ0v) is 13.4. The van der Waals surface area contributed by atoms with Gasteiger partial charge in [0.25, 0.3) is 0 Å². The van der Waals surface area contributed by atoms with Gasteiger partial charge in [0, 0.05) is 6.04 Å². The first-order valence-corrected chi connectivity index (χ1v) is 8.72. The monoisotopic (exact) mass is 292 g/mol. The van der Waals surface area contributed by atoms with Crippen molar-refractivity contribution in [3.8, 4) is 0 Å². The second-order valence-corrected chi connectivity index (χ2v) is 7.25. The van der Waals surface area contributed by atoms with Crippen molar-refractivity contribution in [2.75, 3.05) is 0 Å². The van der Waals surface area contributed by atoms with Crippen LogP contribution in [0.1, 0.15) is 71.6 Å². The predicted molar refractivity (Wildman–Crippen MR) is 81.7 cm³/mol. The molecule has 0 aromatic heterocycles. The average Bonchev–Trinajstić information content (AvgIpc) is 2.96. The van der Waals surface area contributed by atoms with E-state index >= 15 is 0 Å². The van der Waals surface area contributed by atoms with Crippen LogP contribution in [0.4, 0.5) is 0 Å². The molecule has 4 nitrogen and oxygen atoms in total. The molecule has 3 rings (SSSR count). The van der Waals surface area contributed by atoms with E-state index in [1.807, 2.05) is 11.8 Å². The number of nitrogens with one attached hydrogen (secondary N) is 1. The number of amides is 2. The van der Waals surface area contributed by atoms with Crippen LogP contribution in [0, 0.1) is 5.92 Å². The molecule has 2 aliphatic carbocycles. The van der Waals surface area contributed by atoms with E-state index in [2.05, 4.69) is 12.2 Å². The highest BCUT2D eigenvalue weighted by atomic mass is 16.2. The molecule has 1 saturated heterocycles. The van der Waals surface area contributed by atoms with Gasteiger partial charge in [0.15, 0.2) is 0 Å². The molecular weight excluding hydrogens is 264 g/mol. The fourth-order valence-electron chi connectivity index (χ4n) is 4.57. The Morgan fingerprint density at radius 3 is 2.33 bits per heavy atom. The zero-order valence-electron chi connectivity index (χ0n) is 13.4. The zero-order chi connectivity index (χ0) is 15.0. The van der Waals surface area contributed by atoms with Gasteiger partial charge in [-0.25, -0.2) is 0 Å². The fraction of sp³-hybridized carbons (Fsp3) is 0.882. The molecular formula is C17H28N2O2. The summed E-state index contributed by atoms with van der Waals surface area (Å²) >= 11 is 0. The molecule has 2 saturated carbocycles. The highest BCUT2D eigenvalue weighted by molar-refractivity contribution is 6.00. The summed E-state index contributed by atoms with van der Waals surface area (Å²) in [5, 5.41) is 3.05. The Hall–Kier alpha value is -1.06. The highest BCUT2D eigenvalue weighted by Gasteiger charge is 2.52. The summed E-state index contributed by atoms with van der Waals surface area (Å²) in [5.74, 6) is 1.06. The first-order chi connectivity index (χ1) is 10.1. The molecule has 0 radical (unpaired) electrons. The van der Waals surface area contributed by atoms with Gasteiger partial charge in [-0.2, -0.15) is 0 Å². The van der Waals surface area contributed by atoms with Crippen LogP contribution in [0.3, 0.4) is 0 Å². The van der Waals surface area contributed by atoms with Gasteiger partial charge >= 0.3 is 0 Å². The maximum atomic E-state index is 13.1. The van der Waals surface area contributed by atoms with E-state index in [0.29, 0.717) is 0 Å². The molecule has 0 bridgehead atoms. The Morgan fingerprint density at radius 1 is 1.14 bits per heavy atom. The number of hydrogen-bond donors (Lipinski definition) is 1. The molecule has 118 valence electrons. The molecule has 1 atom stereocenters. The third-order valence-electron chi connectivity index (χ3n) is 6.05. The van der Waals surface area contributed by atoms with Crippen LogP contribution in [-0.4, -0.2) is 34.3 Å². The summed E-state index contributed by atoms with van der Waals surface area (Å²) in [4.78, 5) is 27.4. The molecule has 0 aromatic rings. The van der Waals surface area contributed by atoms with Gasteiger partial charge in [-0.15, -0.1) is 0 Å². The Balaban J connectivity index is 1.78. The second kappa shape index (κ2) is 5.62. The van der Waals surface area contributed by atoms with Gasteiger partial charge in [-0.3, -0.25) is 9.59 Å². The lowest BCUT2D eigenvalue weighted by molar-refractivity contribution is -0.158. The summed E-state index contributed by atoms with van der Waals surface area (Å²) in [6, 6.07) is -0.0225. The van der Waals surface area contributed by atoms with Crippen molar-refractivity contribution in [1.82, 2.24) is 10.2 Å². The van der Waals surface area contributed by atoms with E-state index in [1.165, 1.54) is 19.3 Å². The van der Waals surface area contributed by atoms with Crippen LogP contribution in [0.2, 0.25) is 0 Å². The van der Waals surface area contributed by atoms with E-state index in [-0.39, 0.29) is 23.9 Å². The number of carbonyl (C=O) groups excluding carboxylic acids is 2. The molecule has 1 spiro atoms. The van der Waals surface area contributed by atoms with Crippen LogP contribution >= 0.6 is 0 Å². The summed E-state index contributed by atoms with van der Waals surface area (Å²) < 4.78 is 0. The van der Waals surface area contributed by atoms with Crippen LogP contribution < -0.4 is 5.32 Å². The smallest absolute Gasteiger partial charge is 0.249 e. The first kappa shape index (κ1) is 14.9. The minimum Gasteiger partial charge on any atom is -0.340 e. The largest absolute Gasteiger partial charge is 0.340 e. The third-order valence-corrected chi connectivity index (χ3v) is 6.05. The molecule has 1 N–H and O–H groups in total. The van der Waals surface area contributed by atoms with Crippen LogP contribution in [0.5, 0.6) is 0 Å². The Kier molecular flexibility index (Phi) is 3.98. The quantitative estimate of drug-likeness (QED) is 0.850. The molecule has 0 aromatic carbocycles. The van der Waals surface area contributed by atoms with E-state index in [0.717, 1.165) is 44.4 Å². The van der Waals surface area contributed by atoms with Crippen molar-refractivity contribution in [3.63, 3.8) is 0 Å². The fourth-order valence-corrected chi connectivity index (χ4v) is 4.57. The van der Waals surface area contributed by atoms with Crippen LogP contribution in [-0.2, 0) is 9.59 Å². The van der Waals surface area contributed by atoms with Gasteiger partial charge in [0.2, 0.25) is 11.8 Å². The minimum atomic E-state index is -0.564. The lowest BCUT2D eigenvalue weighted by Crippen LogP contribution is -2.70. The van der Waals surface area contributed by atoms with E-state index in [9.17, 15) is 9.59 Å². The molecule has 4 heteroatoms. The third kappa shape index (κ3) is 2.47. The Morgan fingerprint density at radius 2 is 1.76 bits per heavy atom. The average molecular weight is 292 g/mol. The maximum Gasteiger partial charge on any atom is 0.249 e. The standard InChI is InChI=1S/C17H28N2O2/c1-3-13-6-8-14(9-7-13)19-12(2)15(20)18-17(16(19)21)10-4-5-11-17/h12-14H,3-11H2,1-2H3,(H,18,20). The van der Waals surface area contributed by atoms with Crippen LogP contribution in [0.15, 0.2) is 0 Å². The normalized spacial score (nSPS) is 36.1. The summed E-state index contributed by atoms with van der Waals surface area (Å²) in [5.41, 5.74) is -0.564. The van der Waals surface area contributed by atoms with Crippen molar-refractivity contribution in [2.24, 2.45) is 5.92 Å². The van der Waals surface area contributed by atoms with Crippen molar-refractivity contribution in [3.05, 3.63) is 0 Å². The molecule has 1 unspecified atom stereocenters.